The van der Waals surface area contributed by atoms with Gasteiger partial charge in [-0.1, -0.05) is 134 Å². The zero-order chi connectivity index (χ0) is 41.6. The minimum atomic E-state index is -5.15. The summed E-state index contributed by atoms with van der Waals surface area (Å²) in [6.45, 7) is 3.67. The summed E-state index contributed by atoms with van der Waals surface area (Å²) in [6, 6.07) is -1.26. The van der Waals surface area contributed by atoms with Crippen molar-refractivity contribution in [3.8, 4) is 0 Å². The van der Waals surface area contributed by atoms with Crippen LogP contribution in [-0.4, -0.2) is 108 Å². The van der Waals surface area contributed by atoms with Crippen LogP contribution >= 0.6 is 7.82 Å². The number of hydrogen-bond donors (Lipinski definition) is 9. The Hall–Kier alpha value is -1.48. The van der Waals surface area contributed by atoms with E-state index in [9.17, 15) is 50.0 Å². The van der Waals surface area contributed by atoms with Crippen LogP contribution in [0.1, 0.15) is 162 Å². The number of rotatable bonds is 34. The van der Waals surface area contributed by atoms with Crippen LogP contribution in [0.5, 0.6) is 0 Å². The Morgan fingerprint density at radius 1 is 0.625 bits per heavy atom. The molecule has 1 amide bonds. The Morgan fingerprint density at radius 2 is 1.05 bits per heavy atom. The van der Waals surface area contributed by atoms with Crippen molar-refractivity contribution in [2.45, 2.75) is 216 Å². The second kappa shape index (κ2) is 32.4. The summed E-state index contributed by atoms with van der Waals surface area (Å²) in [4.78, 5) is 23.3. The number of unbranched alkanes of at least 4 members (excludes halogenated alkanes) is 17. The summed E-state index contributed by atoms with van der Waals surface area (Å²) in [7, 11) is -5.15. The van der Waals surface area contributed by atoms with E-state index in [2.05, 4.69) is 43.5 Å². The van der Waals surface area contributed by atoms with E-state index in [1.54, 1.807) is 6.08 Å². The lowest BCUT2D eigenvalue weighted by atomic mass is 9.85. The second-order valence-electron chi connectivity index (χ2n) is 15.4. The van der Waals surface area contributed by atoms with Gasteiger partial charge in [0.1, 0.15) is 36.6 Å². The maximum atomic E-state index is 12.9. The van der Waals surface area contributed by atoms with Crippen LogP contribution in [0.2, 0.25) is 0 Å². The molecular weight excluding hydrogens is 741 g/mol. The highest BCUT2D eigenvalue weighted by Gasteiger charge is 2.51. The van der Waals surface area contributed by atoms with Gasteiger partial charge in [0.2, 0.25) is 5.91 Å². The van der Waals surface area contributed by atoms with Gasteiger partial charge in [0, 0.05) is 0 Å². The van der Waals surface area contributed by atoms with Crippen LogP contribution in [0.25, 0.3) is 0 Å². The van der Waals surface area contributed by atoms with Crippen molar-refractivity contribution in [2.75, 3.05) is 6.61 Å². The van der Waals surface area contributed by atoms with E-state index in [1.165, 1.54) is 89.5 Å². The Bertz CT molecular complexity index is 1110. The Labute approximate surface area is 336 Å². The molecule has 0 aliphatic heterocycles. The van der Waals surface area contributed by atoms with Crippen molar-refractivity contribution in [2.24, 2.45) is 0 Å². The average Bonchev–Trinajstić information content (AvgIpc) is 3.17. The Kier molecular flexibility index (Phi) is 30.4. The maximum absolute atomic E-state index is 12.9. The van der Waals surface area contributed by atoms with Gasteiger partial charge in [-0.2, -0.15) is 0 Å². The summed E-state index contributed by atoms with van der Waals surface area (Å²) in [5.41, 5.74) is 0. The zero-order valence-electron chi connectivity index (χ0n) is 34.3. The lowest BCUT2D eigenvalue weighted by Gasteiger charge is -2.41. The number of hydrogen-bond acceptors (Lipinski definition) is 11. The summed E-state index contributed by atoms with van der Waals surface area (Å²) < 4.78 is 22.8. The monoisotopic (exact) mass is 820 g/mol. The average molecular weight is 820 g/mol. The number of allylic oxidation sites excluding steroid dienone is 5. The van der Waals surface area contributed by atoms with Crippen LogP contribution in [0.15, 0.2) is 36.5 Å². The first-order chi connectivity index (χ1) is 26.8. The molecule has 56 heavy (non-hydrogen) atoms. The molecule has 1 fully saturated rings. The van der Waals surface area contributed by atoms with E-state index in [0.29, 0.717) is 19.3 Å². The number of phosphoric ester groups is 1. The molecule has 0 bridgehead atoms. The normalized spacial score (nSPS) is 24.5. The topological polar surface area (TPSA) is 226 Å². The highest BCUT2D eigenvalue weighted by molar-refractivity contribution is 7.47. The number of aliphatic hydroxyl groups excluding tert-OH is 7. The number of aliphatic hydroxyl groups is 7. The van der Waals surface area contributed by atoms with Gasteiger partial charge in [-0.3, -0.25) is 13.8 Å². The fourth-order valence-electron chi connectivity index (χ4n) is 6.61. The minimum absolute atomic E-state index is 0.274. The van der Waals surface area contributed by atoms with Crippen molar-refractivity contribution in [3.05, 3.63) is 36.5 Å². The van der Waals surface area contributed by atoms with Gasteiger partial charge in [-0.15, -0.1) is 0 Å². The van der Waals surface area contributed by atoms with Crippen LogP contribution < -0.4 is 5.32 Å². The summed E-state index contributed by atoms with van der Waals surface area (Å²) in [6.07, 6.45) is 21.1. The van der Waals surface area contributed by atoms with Gasteiger partial charge in [0.25, 0.3) is 0 Å². The molecule has 1 rings (SSSR count). The first-order valence-corrected chi connectivity index (χ1v) is 23.0. The van der Waals surface area contributed by atoms with Gasteiger partial charge in [-0.05, 0) is 57.8 Å². The third-order valence-corrected chi connectivity index (χ3v) is 11.2. The quantitative estimate of drug-likeness (QED) is 0.0201. The number of carbonyl (C=O) groups is 1. The largest absolute Gasteiger partial charge is 0.472 e. The molecule has 0 saturated heterocycles. The number of carbonyl (C=O) groups excluding carboxylic acids is 1. The predicted octanol–water partition coefficient (Wildman–Crippen LogP) is 6.19. The molecule has 0 aromatic rings. The lowest BCUT2D eigenvalue weighted by Crippen LogP contribution is -2.64. The van der Waals surface area contributed by atoms with E-state index < -0.39 is 75.2 Å². The molecular formula is C42H78NO12P. The maximum Gasteiger partial charge on any atom is 0.472 e. The first kappa shape index (κ1) is 52.5. The predicted molar refractivity (Wildman–Crippen MR) is 220 cm³/mol. The van der Waals surface area contributed by atoms with Crippen LogP contribution in [0, 0.1) is 0 Å². The number of amides is 1. The first-order valence-electron chi connectivity index (χ1n) is 21.5. The Morgan fingerprint density at radius 3 is 1.57 bits per heavy atom. The molecule has 0 aromatic carbocycles. The molecule has 0 radical (unpaired) electrons. The minimum Gasteiger partial charge on any atom is -0.393 e. The fraction of sp³-hybridized carbons (Fsp3) is 0.833. The third-order valence-electron chi connectivity index (χ3n) is 10.2. The second-order valence-corrected chi connectivity index (χ2v) is 16.8. The molecule has 8 unspecified atom stereocenters. The molecule has 8 atom stereocenters. The van der Waals surface area contributed by atoms with Gasteiger partial charge in [0.05, 0.1) is 31.3 Å². The van der Waals surface area contributed by atoms with Gasteiger partial charge < -0.3 is 46.0 Å². The fourth-order valence-corrected chi connectivity index (χ4v) is 7.57. The van der Waals surface area contributed by atoms with Crippen molar-refractivity contribution in [3.63, 3.8) is 0 Å². The molecule has 0 heterocycles. The van der Waals surface area contributed by atoms with Crippen molar-refractivity contribution in [1.82, 2.24) is 5.32 Å². The van der Waals surface area contributed by atoms with Crippen LogP contribution in [0.4, 0.5) is 0 Å². The molecule has 14 heteroatoms. The molecule has 1 aliphatic rings. The van der Waals surface area contributed by atoms with Crippen LogP contribution in [-0.2, 0) is 18.4 Å². The summed E-state index contributed by atoms with van der Waals surface area (Å²) >= 11 is 0. The smallest absolute Gasteiger partial charge is 0.393 e. The molecule has 0 spiro atoms. The van der Waals surface area contributed by atoms with E-state index in [4.69, 9.17) is 9.05 Å². The van der Waals surface area contributed by atoms with Crippen molar-refractivity contribution < 1.29 is 59.0 Å². The zero-order valence-corrected chi connectivity index (χ0v) is 35.2. The van der Waals surface area contributed by atoms with Crippen LogP contribution in [0.3, 0.4) is 0 Å². The summed E-state index contributed by atoms with van der Waals surface area (Å²) in [5, 5.41) is 74.2. The molecule has 1 aliphatic carbocycles. The third kappa shape index (κ3) is 24.4. The molecule has 9 N–H and O–H groups in total. The SMILES string of the molecule is CCCCCCCC/C=C\CCCC(O)CC(=O)NC(COP(=O)(O)OC1C(O)C(O)C(O)C(O)C1O)C(O)/C=C/CC/C=C/CCCCCCCCCCC. The van der Waals surface area contributed by atoms with E-state index in [-0.39, 0.29) is 6.42 Å². The molecule has 0 aromatic heterocycles. The Balaban J connectivity index is 2.66. The standard InChI is InChI=1S/C42H78NO12P/c1-3-5-7-9-11-13-15-16-17-18-20-22-24-26-28-30-35(45)34(32-54-56(52,53)55-42-40(50)38(48)37(47)39(49)41(42)51)43-36(46)31-33(44)29-27-25-23-21-19-14-12-10-8-6-4-2/h20-23,28,30,33-35,37-42,44-45,47-51H,3-19,24-27,29,31-32H2,1-2H3,(H,43,46)(H,52,53)/b22-20+,23-21-,30-28+. The van der Waals surface area contributed by atoms with Gasteiger partial charge in [-0.25, -0.2) is 4.57 Å². The lowest BCUT2D eigenvalue weighted by molar-refractivity contribution is -0.220. The van der Waals surface area contributed by atoms with Gasteiger partial charge >= 0.3 is 7.82 Å². The van der Waals surface area contributed by atoms with Gasteiger partial charge in [0.15, 0.2) is 0 Å². The highest BCUT2D eigenvalue weighted by atomic mass is 31.2. The molecule has 1 saturated carbocycles. The highest BCUT2D eigenvalue weighted by Crippen LogP contribution is 2.47. The van der Waals surface area contributed by atoms with Crippen molar-refractivity contribution in [1.29, 1.82) is 0 Å². The molecule has 13 nitrogen and oxygen atoms in total. The number of phosphoric acid groups is 1. The molecule has 328 valence electrons. The van der Waals surface area contributed by atoms with E-state index in [0.717, 1.165) is 38.5 Å². The van der Waals surface area contributed by atoms with Crippen molar-refractivity contribution >= 4 is 13.7 Å². The van der Waals surface area contributed by atoms with E-state index >= 15 is 0 Å². The number of nitrogens with one attached hydrogen (secondary N) is 1. The summed E-state index contributed by atoms with van der Waals surface area (Å²) in [5.74, 6) is -0.622. The van der Waals surface area contributed by atoms with E-state index in [1.807, 2.05) is 0 Å².